The van der Waals surface area contributed by atoms with E-state index in [2.05, 4.69) is 27.7 Å². The molecule has 6 heteroatoms. The van der Waals surface area contributed by atoms with E-state index in [1.807, 2.05) is 0 Å². The predicted octanol–water partition coefficient (Wildman–Crippen LogP) is 19.0. The molecule has 0 heterocycles. The van der Waals surface area contributed by atoms with Crippen LogP contribution < -0.4 is 0 Å². The molecule has 1 atom stereocenters. The first-order chi connectivity index (χ1) is 31.4. The minimum Gasteiger partial charge on any atom is -0.462 e. The van der Waals surface area contributed by atoms with Gasteiger partial charge in [-0.25, -0.2) is 0 Å². The predicted molar refractivity (Wildman–Crippen MR) is 275 cm³/mol. The molecule has 0 saturated heterocycles. The van der Waals surface area contributed by atoms with Gasteiger partial charge in [-0.3, -0.25) is 14.4 Å². The van der Waals surface area contributed by atoms with Crippen molar-refractivity contribution in [3.63, 3.8) is 0 Å². The second kappa shape index (κ2) is 52.4. The van der Waals surface area contributed by atoms with Gasteiger partial charge in [0, 0.05) is 19.3 Å². The highest BCUT2D eigenvalue weighted by Crippen LogP contribution is 2.18. The van der Waals surface area contributed by atoms with Crippen molar-refractivity contribution in [1.29, 1.82) is 0 Å². The fraction of sp³-hybridized carbons (Fsp3) is 0.948. The van der Waals surface area contributed by atoms with Gasteiger partial charge in [0.1, 0.15) is 13.2 Å². The molecule has 6 nitrogen and oxygen atoms in total. The van der Waals surface area contributed by atoms with Gasteiger partial charge in [-0.1, -0.05) is 291 Å². The van der Waals surface area contributed by atoms with E-state index >= 15 is 0 Å². The Hall–Kier alpha value is -1.59. The normalized spacial score (nSPS) is 12.0. The lowest BCUT2D eigenvalue weighted by Crippen LogP contribution is -2.30. The lowest BCUT2D eigenvalue weighted by atomic mass is 10.0. The van der Waals surface area contributed by atoms with Crippen molar-refractivity contribution in [1.82, 2.24) is 0 Å². The standard InChI is InChI=1S/C58H112O6/c1-5-7-9-11-13-15-17-19-21-23-24-26-28-30-34-39-43-47-51-58(61)64-55(53-63-57(60)50-46-42-38-35-31-32-36-40-44-48-54(3)4)52-62-56(59)49-45-41-37-33-29-27-25-22-20-18-16-14-12-10-8-6-2/h54-55H,5-53H2,1-4H3/t55-/m0/s1. The van der Waals surface area contributed by atoms with Crippen LogP contribution in [-0.4, -0.2) is 37.2 Å². The number of carbonyl (C=O) groups excluding carboxylic acids is 3. The molecule has 0 aliphatic carbocycles. The summed E-state index contributed by atoms with van der Waals surface area (Å²) in [5, 5.41) is 0. The van der Waals surface area contributed by atoms with Crippen molar-refractivity contribution in [2.24, 2.45) is 5.92 Å². The van der Waals surface area contributed by atoms with E-state index in [9.17, 15) is 14.4 Å². The molecule has 0 amide bonds. The van der Waals surface area contributed by atoms with Crippen molar-refractivity contribution < 1.29 is 28.6 Å². The summed E-state index contributed by atoms with van der Waals surface area (Å²) in [7, 11) is 0. The first kappa shape index (κ1) is 62.4. The average molecular weight is 906 g/mol. The van der Waals surface area contributed by atoms with Crippen molar-refractivity contribution >= 4 is 17.9 Å². The first-order valence-corrected chi connectivity index (χ1v) is 28.9. The molecule has 380 valence electrons. The van der Waals surface area contributed by atoms with Gasteiger partial charge in [0.25, 0.3) is 0 Å². The van der Waals surface area contributed by atoms with Gasteiger partial charge in [0.15, 0.2) is 6.10 Å². The fourth-order valence-electron chi connectivity index (χ4n) is 8.92. The Labute approximate surface area is 399 Å². The molecular weight excluding hydrogens is 793 g/mol. The van der Waals surface area contributed by atoms with E-state index < -0.39 is 6.10 Å². The van der Waals surface area contributed by atoms with Gasteiger partial charge in [-0.2, -0.15) is 0 Å². The fourth-order valence-corrected chi connectivity index (χ4v) is 8.92. The van der Waals surface area contributed by atoms with E-state index in [1.165, 1.54) is 225 Å². The molecule has 0 aromatic rings. The van der Waals surface area contributed by atoms with Gasteiger partial charge in [-0.15, -0.1) is 0 Å². The highest BCUT2D eigenvalue weighted by atomic mass is 16.6. The molecule has 0 saturated carbocycles. The average Bonchev–Trinajstić information content (AvgIpc) is 3.28. The van der Waals surface area contributed by atoms with Gasteiger partial charge < -0.3 is 14.2 Å². The molecule has 0 spiro atoms. The van der Waals surface area contributed by atoms with E-state index in [0.717, 1.165) is 63.7 Å². The summed E-state index contributed by atoms with van der Waals surface area (Å²) in [6.07, 6.45) is 56.7. The van der Waals surface area contributed by atoms with Crippen LogP contribution in [0.1, 0.15) is 329 Å². The van der Waals surface area contributed by atoms with E-state index in [0.29, 0.717) is 19.3 Å². The van der Waals surface area contributed by atoms with Crippen LogP contribution in [0, 0.1) is 5.92 Å². The third-order valence-corrected chi connectivity index (χ3v) is 13.3. The summed E-state index contributed by atoms with van der Waals surface area (Å²) >= 11 is 0. The second-order valence-electron chi connectivity index (χ2n) is 20.4. The Kier molecular flexibility index (Phi) is 51.1. The van der Waals surface area contributed by atoms with E-state index in [1.54, 1.807) is 0 Å². The summed E-state index contributed by atoms with van der Waals surface area (Å²) in [4.78, 5) is 38.1. The Morgan fingerprint density at radius 1 is 0.297 bits per heavy atom. The maximum Gasteiger partial charge on any atom is 0.306 e. The van der Waals surface area contributed by atoms with Gasteiger partial charge >= 0.3 is 17.9 Å². The van der Waals surface area contributed by atoms with Gasteiger partial charge in [0.05, 0.1) is 0 Å². The molecule has 0 fully saturated rings. The summed E-state index contributed by atoms with van der Waals surface area (Å²) in [6.45, 7) is 9.04. The number of esters is 3. The highest BCUT2D eigenvalue weighted by molar-refractivity contribution is 5.71. The Balaban J connectivity index is 4.28. The van der Waals surface area contributed by atoms with Crippen LogP contribution in [0.2, 0.25) is 0 Å². The number of rotatable bonds is 53. The van der Waals surface area contributed by atoms with Gasteiger partial charge in [0.2, 0.25) is 0 Å². The topological polar surface area (TPSA) is 78.9 Å². The first-order valence-electron chi connectivity index (χ1n) is 28.9. The minimum absolute atomic E-state index is 0.0622. The molecule has 0 radical (unpaired) electrons. The highest BCUT2D eigenvalue weighted by Gasteiger charge is 2.19. The zero-order valence-corrected chi connectivity index (χ0v) is 43.8. The smallest absolute Gasteiger partial charge is 0.306 e. The summed E-state index contributed by atoms with van der Waals surface area (Å²) in [5.74, 6) is -0.0287. The van der Waals surface area contributed by atoms with E-state index in [4.69, 9.17) is 14.2 Å². The van der Waals surface area contributed by atoms with Crippen LogP contribution in [0.25, 0.3) is 0 Å². The maximum absolute atomic E-state index is 12.8. The second-order valence-corrected chi connectivity index (χ2v) is 20.4. The number of hydrogen-bond acceptors (Lipinski definition) is 6. The number of unbranched alkanes of at least 4 members (excludes halogenated alkanes) is 40. The van der Waals surface area contributed by atoms with Crippen LogP contribution in [-0.2, 0) is 28.6 Å². The lowest BCUT2D eigenvalue weighted by Gasteiger charge is -2.18. The molecular formula is C58H112O6. The number of hydrogen-bond donors (Lipinski definition) is 0. The number of carbonyl (C=O) groups is 3. The van der Waals surface area contributed by atoms with Crippen LogP contribution >= 0.6 is 0 Å². The molecule has 0 N–H and O–H groups in total. The van der Waals surface area contributed by atoms with Crippen LogP contribution in [0.15, 0.2) is 0 Å². The van der Waals surface area contributed by atoms with Gasteiger partial charge in [-0.05, 0) is 25.2 Å². The zero-order chi connectivity index (χ0) is 46.7. The third kappa shape index (κ3) is 51.4. The number of ether oxygens (including phenoxy) is 3. The molecule has 0 rings (SSSR count). The molecule has 0 aliphatic rings. The molecule has 64 heavy (non-hydrogen) atoms. The molecule has 0 aromatic carbocycles. The molecule has 0 aromatic heterocycles. The summed E-state index contributed by atoms with van der Waals surface area (Å²) in [6, 6.07) is 0. The monoisotopic (exact) mass is 905 g/mol. The molecule has 0 unspecified atom stereocenters. The molecule has 0 aliphatic heterocycles. The zero-order valence-electron chi connectivity index (χ0n) is 43.8. The lowest BCUT2D eigenvalue weighted by molar-refractivity contribution is -0.167. The summed E-state index contributed by atoms with van der Waals surface area (Å²) in [5.41, 5.74) is 0. The quantitative estimate of drug-likeness (QED) is 0.0344. The van der Waals surface area contributed by atoms with E-state index in [-0.39, 0.29) is 31.1 Å². The largest absolute Gasteiger partial charge is 0.462 e. The Morgan fingerprint density at radius 2 is 0.516 bits per heavy atom. The molecule has 0 bridgehead atoms. The van der Waals surface area contributed by atoms with Crippen molar-refractivity contribution in [2.75, 3.05) is 13.2 Å². The SMILES string of the molecule is CCCCCCCCCCCCCCCCCCCCC(=O)O[C@@H](COC(=O)CCCCCCCCCCCCCCCCCC)COC(=O)CCCCCCCCCCCC(C)C. The van der Waals surface area contributed by atoms with Crippen molar-refractivity contribution in [3.05, 3.63) is 0 Å². The summed E-state index contributed by atoms with van der Waals surface area (Å²) < 4.78 is 16.9. The van der Waals surface area contributed by atoms with Crippen LogP contribution in [0.4, 0.5) is 0 Å². The minimum atomic E-state index is -0.762. The maximum atomic E-state index is 12.8. The van der Waals surface area contributed by atoms with Crippen molar-refractivity contribution in [2.45, 2.75) is 336 Å². The van der Waals surface area contributed by atoms with Crippen LogP contribution in [0.3, 0.4) is 0 Å². The van der Waals surface area contributed by atoms with Crippen molar-refractivity contribution in [3.8, 4) is 0 Å². The third-order valence-electron chi connectivity index (χ3n) is 13.3. The Morgan fingerprint density at radius 3 is 0.766 bits per heavy atom. The Bertz CT molecular complexity index is 964. The van der Waals surface area contributed by atoms with Crippen LogP contribution in [0.5, 0.6) is 0 Å².